The van der Waals surface area contributed by atoms with Crippen molar-refractivity contribution in [3.8, 4) is 6.07 Å². The van der Waals surface area contributed by atoms with E-state index in [1.165, 1.54) is 12.4 Å². The molecular formula is C12H11N3O3. The minimum Gasteiger partial charge on any atom is -0.389 e. The van der Waals surface area contributed by atoms with Gasteiger partial charge in [-0.25, -0.2) is 4.98 Å². The van der Waals surface area contributed by atoms with E-state index in [1.807, 2.05) is 0 Å². The molecule has 0 saturated carbocycles. The van der Waals surface area contributed by atoms with Crippen molar-refractivity contribution in [2.45, 2.75) is 18.6 Å². The number of nitrogens with zero attached hydrogens (tertiary/aromatic N) is 2. The highest BCUT2D eigenvalue weighted by atomic mass is 16.3. The lowest BCUT2D eigenvalue weighted by atomic mass is 10.0. The van der Waals surface area contributed by atoms with Crippen molar-refractivity contribution in [1.29, 1.82) is 5.26 Å². The van der Waals surface area contributed by atoms with Gasteiger partial charge in [-0.15, -0.1) is 0 Å². The fraction of sp³-hybridized carbons (Fsp3) is 0.250. The van der Waals surface area contributed by atoms with Crippen LogP contribution in [0.2, 0.25) is 0 Å². The normalized spacial score (nSPS) is 14.1. The van der Waals surface area contributed by atoms with Crippen LogP contribution in [-0.2, 0) is 0 Å². The zero-order valence-electron chi connectivity index (χ0n) is 9.37. The van der Waals surface area contributed by atoms with Crippen molar-refractivity contribution in [2.75, 3.05) is 0 Å². The van der Waals surface area contributed by atoms with E-state index in [1.54, 1.807) is 18.2 Å². The molecule has 2 unspecified atom stereocenters. The van der Waals surface area contributed by atoms with Crippen LogP contribution in [0.4, 0.5) is 0 Å². The van der Waals surface area contributed by atoms with E-state index >= 15 is 0 Å². The predicted octanol–water partition coefficient (Wildman–Crippen LogP) is 0.231. The minimum atomic E-state index is -1.20. The Hall–Kier alpha value is -2.23. The zero-order valence-corrected chi connectivity index (χ0v) is 9.37. The molecule has 2 rings (SSSR count). The lowest BCUT2D eigenvalue weighted by Crippen LogP contribution is -2.18. The molecule has 0 aliphatic carbocycles. The molecule has 0 aliphatic heterocycles. The van der Waals surface area contributed by atoms with Crippen LogP contribution >= 0.6 is 0 Å². The number of H-pyrrole nitrogens is 1. The topological polar surface area (TPSA) is 110 Å². The number of aromatic amines is 1. The summed E-state index contributed by atoms with van der Waals surface area (Å²) in [5.74, 6) is 0. The Morgan fingerprint density at radius 1 is 1.44 bits per heavy atom. The van der Waals surface area contributed by atoms with Gasteiger partial charge in [-0.05, 0) is 17.7 Å². The Morgan fingerprint density at radius 2 is 2.22 bits per heavy atom. The van der Waals surface area contributed by atoms with E-state index in [0.717, 1.165) is 0 Å². The number of nitrogens with one attached hydrogen (secondary N) is 1. The lowest BCUT2D eigenvalue weighted by molar-refractivity contribution is 0.0217. The van der Waals surface area contributed by atoms with Gasteiger partial charge in [-0.1, -0.05) is 6.07 Å². The Balaban J connectivity index is 2.44. The van der Waals surface area contributed by atoms with Crippen LogP contribution in [0.1, 0.15) is 18.1 Å². The van der Waals surface area contributed by atoms with Crippen molar-refractivity contribution in [3.05, 3.63) is 40.4 Å². The number of fused-ring (bicyclic) bond motifs is 1. The van der Waals surface area contributed by atoms with Crippen molar-refractivity contribution < 1.29 is 10.2 Å². The number of aliphatic hydroxyl groups is 2. The molecule has 0 radical (unpaired) electrons. The molecule has 18 heavy (non-hydrogen) atoms. The van der Waals surface area contributed by atoms with Crippen LogP contribution in [-0.4, -0.2) is 26.3 Å². The third-order valence-electron chi connectivity index (χ3n) is 2.67. The van der Waals surface area contributed by atoms with E-state index in [4.69, 9.17) is 5.26 Å². The highest BCUT2D eigenvalue weighted by molar-refractivity contribution is 5.77. The first kappa shape index (κ1) is 12.2. The average molecular weight is 245 g/mol. The number of benzene rings is 1. The molecule has 0 aliphatic rings. The molecule has 0 amide bonds. The summed E-state index contributed by atoms with van der Waals surface area (Å²) in [4.78, 5) is 18.0. The Kier molecular flexibility index (Phi) is 3.37. The van der Waals surface area contributed by atoms with Crippen LogP contribution in [0.3, 0.4) is 0 Å². The lowest BCUT2D eigenvalue weighted by Gasteiger charge is -2.15. The van der Waals surface area contributed by atoms with Gasteiger partial charge in [0.1, 0.15) is 6.10 Å². The number of nitriles is 1. The maximum absolute atomic E-state index is 11.6. The number of rotatable bonds is 3. The van der Waals surface area contributed by atoms with Crippen LogP contribution < -0.4 is 5.56 Å². The van der Waals surface area contributed by atoms with Gasteiger partial charge in [0.15, 0.2) is 0 Å². The molecule has 0 saturated heterocycles. The quantitative estimate of drug-likeness (QED) is 0.717. The highest BCUT2D eigenvalue weighted by Gasteiger charge is 2.18. The first-order chi connectivity index (χ1) is 8.63. The molecule has 1 heterocycles. The summed E-state index contributed by atoms with van der Waals surface area (Å²) in [7, 11) is 0. The SMILES string of the molecule is N#CCC(O)C(O)c1ccc2nc[nH]c(=O)c2c1. The highest BCUT2D eigenvalue weighted by Crippen LogP contribution is 2.21. The fourth-order valence-electron chi connectivity index (χ4n) is 1.70. The largest absolute Gasteiger partial charge is 0.389 e. The molecule has 92 valence electrons. The third-order valence-corrected chi connectivity index (χ3v) is 2.67. The van der Waals surface area contributed by atoms with Crippen LogP contribution in [0, 0.1) is 11.3 Å². The maximum Gasteiger partial charge on any atom is 0.258 e. The van der Waals surface area contributed by atoms with Crippen LogP contribution in [0.15, 0.2) is 29.3 Å². The van der Waals surface area contributed by atoms with Gasteiger partial charge in [0, 0.05) is 0 Å². The smallest absolute Gasteiger partial charge is 0.258 e. The molecule has 2 atom stereocenters. The molecule has 0 spiro atoms. The van der Waals surface area contributed by atoms with E-state index in [9.17, 15) is 15.0 Å². The summed E-state index contributed by atoms with van der Waals surface area (Å²) in [5.41, 5.74) is 0.567. The van der Waals surface area contributed by atoms with Gasteiger partial charge in [0.2, 0.25) is 0 Å². The summed E-state index contributed by atoms with van der Waals surface area (Å²) in [6.45, 7) is 0. The predicted molar refractivity (Wildman–Crippen MR) is 63.6 cm³/mol. The van der Waals surface area contributed by atoms with Gasteiger partial charge < -0.3 is 15.2 Å². The standard InChI is InChI=1S/C12H11N3O3/c13-4-3-10(16)11(17)7-1-2-9-8(5-7)12(18)15-6-14-9/h1-2,5-6,10-11,16-17H,3H2,(H,14,15,18). The van der Waals surface area contributed by atoms with Gasteiger partial charge >= 0.3 is 0 Å². The van der Waals surface area contributed by atoms with E-state index in [-0.39, 0.29) is 12.0 Å². The van der Waals surface area contributed by atoms with Gasteiger partial charge in [0.25, 0.3) is 5.56 Å². The van der Waals surface area contributed by atoms with Crippen LogP contribution in [0.5, 0.6) is 0 Å². The molecule has 6 heteroatoms. The second kappa shape index (κ2) is 4.96. The number of hydrogen-bond acceptors (Lipinski definition) is 5. The van der Waals surface area contributed by atoms with Crippen molar-refractivity contribution in [1.82, 2.24) is 9.97 Å². The summed E-state index contributed by atoms with van der Waals surface area (Å²) in [6, 6.07) is 6.40. The summed E-state index contributed by atoms with van der Waals surface area (Å²) in [5, 5.41) is 28.2. The number of aliphatic hydroxyl groups excluding tert-OH is 2. The zero-order chi connectivity index (χ0) is 13.1. The Morgan fingerprint density at radius 3 is 2.94 bits per heavy atom. The van der Waals surface area contributed by atoms with Crippen molar-refractivity contribution in [3.63, 3.8) is 0 Å². The minimum absolute atomic E-state index is 0.178. The molecule has 6 nitrogen and oxygen atoms in total. The molecule has 1 aromatic carbocycles. The fourth-order valence-corrected chi connectivity index (χ4v) is 1.70. The monoisotopic (exact) mass is 245 g/mol. The van der Waals surface area contributed by atoms with Gasteiger partial charge in [-0.2, -0.15) is 5.26 Å². The Labute approximate surface area is 102 Å². The Bertz CT molecular complexity index is 659. The summed E-state index contributed by atoms with van der Waals surface area (Å²) >= 11 is 0. The second-order valence-electron chi connectivity index (χ2n) is 3.88. The maximum atomic E-state index is 11.6. The van der Waals surface area contributed by atoms with Crippen LogP contribution in [0.25, 0.3) is 10.9 Å². The van der Waals surface area contributed by atoms with E-state index in [0.29, 0.717) is 16.5 Å². The number of hydrogen-bond donors (Lipinski definition) is 3. The van der Waals surface area contributed by atoms with Crippen molar-refractivity contribution >= 4 is 10.9 Å². The molecule has 0 bridgehead atoms. The molecule has 0 fully saturated rings. The van der Waals surface area contributed by atoms with Gasteiger partial charge in [-0.3, -0.25) is 4.79 Å². The number of aromatic nitrogens is 2. The molecule has 3 N–H and O–H groups in total. The van der Waals surface area contributed by atoms with Crippen molar-refractivity contribution in [2.24, 2.45) is 0 Å². The van der Waals surface area contributed by atoms with E-state index in [2.05, 4.69) is 9.97 Å². The average Bonchev–Trinajstić information content (AvgIpc) is 2.38. The van der Waals surface area contributed by atoms with Gasteiger partial charge in [0.05, 0.1) is 35.8 Å². The summed E-state index contributed by atoms with van der Waals surface area (Å²) < 4.78 is 0. The van der Waals surface area contributed by atoms with E-state index < -0.39 is 12.2 Å². The molecule has 2 aromatic rings. The third kappa shape index (κ3) is 2.22. The molecule has 1 aromatic heterocycles. The first-order valence-corrected chi connectivity index (χ1v) is 5.34. The first-order valence-electron chi connectivity index (χ1n) is 5.34. The summed E-state index contributed by atoms with van der Waals surface area (Å²) in [6.07, 6.45) is -1.26. The second-order valence-corrected chi connectivity index (χ2v) is 3.88. The molecular weight excluding hydrogens is 234 g/mol.